The zero-order valence-corrected chi connectivity index (χ0v) is 10.4. The number of nitrogens with zero attached hydrogens (tertiary/aromatic N) is 1. The second kappa shape index (κ2) is 8.23. The molecule has 5 heteroatoms. The van der Waals surface area contributed by atoms with E-state index in [-0.39, 0.29) is 19.8 Å². The van der Waals surface area contributed by atoms with Crippen LogP contribution in [0.2, 0.25) is 0 Å². The molecule has 0 bridgehead atoms. The molecular formula is C12H17NO3S. The summed E-state index contributed by atoms with van der Waals surface area (Å²) in [6, 6.07) is 1.97. The molecule has 0 spiro atoms. The van der Waals surface area contributed by atoms with Gasteiger partial charge in [0.05, 0.1) is 13.2 Å². The van der Waals surface area contributed by atoms with E-state index in [1.165, 1.54) is 0 Å². The standard InChI is InChI=1S/C12H17NO3S/c14-5-1-2-11-8-12(17-10-11)9-13(3-6-15)4-7-16/h8,10,14-16H,3-7,9H2. The molecule has 1 rings (SSSR count). The predicted molar refractivity (Wildman–Crippen MR) is 67.7 cm³/mol. The van der Waals surface area contributed by atoms with E-state index < -0.39 is 0 Å². The topological polar surface area (TPSA) is 63.9 Å². The molecule has 0 unspecified atom stereocenters. The van der Waals surface area contributed by atoms with Crippen molar-refractivity contribution in [3.8, 4) is 11.8 Å². The fourth-order valence-corrected chi connectivity index (χ4v) is 2.30. The fourth-order valence-electron chi connectivity index (χ4n) is 1.44. The Morgan fingerprint density at radius 3 is 2.47 bits per heavy atom. The van der Waals surface area contributed by atoms with E-state index in [0.29, 0.717) is 19.6 Å². The van der Waals surface area contributed by atoms with Crippen LogP contribution in [0, 0.1) is 11.8 Å². The molecule has 0 saturated heterocycles. The summed E-state index contributed by atoms with van der Waals surface area (Å²) in [5.74, 6) is 5.45. The van der Waals surface area contributed by atoms with Crippen LogP contribution in [0.3, 0.4) is 0 Å². The third-order valence-corrected chi connectivity index (χ3v) is 3.10. The van der Waals surface area contributed by atoms with E-state index in [1.807, 2.05) is 16.3 Å². The van der Waals surface area contributed by atoms with Crippen molar-refractivity contribution >= 4 is 11.3 Å². The Morgan fingerprint density at radius 2 is 1.88 bits per heavy atom. The molecule has 1 aromatic rings. The van der Waals surface area contributed by atoms with E-state index in [4.69, 9.17) is 15.3 Å². The minimum Gasteiger partial charge on any atom is -0.395 e. The van der Waals surface area contributed by atoms with E-state index in [9.17, 15) is 0 Å². The Hall–Kier alpha value is -0.900. The molecule has 0 radical (unpaired) electrons. The van der Waals surface area contributed by atoms with Crippen LogP contribution in [-0.2, 0) is 6.54 Å². The summed E-state index contributed by atoms with van der Waals surface area (Å²) in [4.78, 5) is 3.11. The van der Waals surface area contributed by atoms with Crippen molar-refractivity contribution in [3.05, 3.63) is 21.9 Å². The number of thiophene rings is 1. The lowest BCUT2D eigenvalue weighted by Gasteiger charge is -2.18. The Labute approximate surface area is 105 Å². The van der Waals surface area contributed by atoms with E-state index in [2.05, 4.69) is 11.8 Å². The van der Waals surface area contributed by atoms with Crippen molar-refractivity contribution in [2.24, 2.45) is 0 Å². The van der Waals surface area contributed by atoms with Crippen LogP contribution in [0.5, 0.6) is 0 Å². The largest absolute Gasteiger partial charge is 0.395 e. The lowest BCUT2D eigenvalue weighted by atomic mass is 10.3. The summed E-state index contributed by atoms with van der Waals surface area (Å²) in [6.45, 7) is 1.84. The normalized spacial score (nSPS) is 10.4. The van der Waals surface area contributed by atoms with Crippen LogP contribution in [0.15, 0.2) is 11.4 Å². The Balaban J connectivity index is 2.56. The average Bonchev–Trinajstić information content (AvgIpc) is 2.75. The number of rotatable bonds is 6. The van der Waals surface area contributed by atoms with Crippen LogP contribution < -0.4 is 0 Å². The molecular weight excluding hydrogens is 238 g/mol. The van der Waals surface area contributed by atoms with Crippen LogP contribution in [-0.4, -0.2) is 53.1 Å². The Kier molecular flexibility index (Phi) is 6.86. The molecule has 4 nitrogen and oxygen atoms in total. The lowest BCUT2D eigenvalue weighted by Crippen LogP contribution is -2.28. The first-order valence-corrected chi connectivity index (χ1v) is 6.29. The highest BCUT2D eigenvalue weighted by Gasteiger charge is 2.06. The lowest BCUT2D eigenvalue weighted by molar-refractivity contribution is 0.157. The maximum Gasteiger partial charge on any atom is 0.104 e. The SMILES string of the molecule is OCC#Cc1csc(CN(CCO)CCO)c1. The van der Waals surface area contributed by atoms with Crippen molar-refractivity contribution in [1.82, 2.24) is 4.90 Å². The second-order valence-corrected chi connectivity index (χ2v) is 4.48. The van der Waals surface area contributed by atoms with Crippen LogP contribution >= 0.6 is 11.3 Å². The molecule has 0 aliphatic rings. The summed E-state index contributed by atoms with van der Waals surface area (Å²) >= 11 is 1.59. The van der Waals surface area contributed by atoms with Crippen molar-refractivity contribution in [2.75, 3.05) is 32.9 Å². The molecule has 0 atom stereocenters. The minimum absolute atomic E-state index is 0.0859. The second-order valence-electron chi connectivity index (χ2n) is 3.48. The molecule has 17 heavy (non-hydrogen) atoms. The maximum absolute atomic E-state index is 8.89. The highest BCUT2D eigenvalue weighted by Crippen LogP contribution is 2.15. The zero-order chi connectivity index (χ0) is 12.5. The fraction of sp³-hybridized carbons (Fsp3) is 0.500. The van der Waals surface area contributed by atoms with Gasteiger partial charge in [-0.05, 0) is 6.07 Å². The van der Waals surface area contributed by atoms with Crippen molar-refractivity contribution < 1.29 is 15.3 Å². The summed E-state index contributed by atoms with van der Waals surface area (Å²) in [5.41, 5.74) is 0.895. The highest BCUT2D eigenvalue weighted by molar-refractivity contribution is 7.10. The van der Waals surface area contributed by atoms with Crippen LogP contribution in [0.4, 0.5) is 0 Å². The minimum atomic E-state index is -0.133. The van der Waals surface area contributed by atoms with Crippen molar-refractivity contribution in [2.45, 2.75) is 6.54 Å². The summed E-state index contributed by atoms with van der Waals surface area (Å²) in [5, 5.41) is 28.3. The van der Waals surface area contributed by atoms with Gasteiger partial charge < -0.3 is 15.3 Å². The molecule has 1 heterocycles. The van der Waals surface area contributed by atoms with Crippen molar-refractivity contribution in [3.63, 3.8) is 0 Å². The zero-order valence-electron chi connectivity index (χ0n) is 9.59. The Morgan fingerprint density at radius 1 is 1.18 bits per heavy atom. The average molecular weight is 255 g/mol. The molecule has 0 saturated carbocycles. The molecule has 0 aromatic carbocycles. The van der Waals surface area contributed by atoms with Gasteiger partial charge in [0.1, 0.15) is 6.61 Å². The van der Waals surface area contributed by atoms with Gasteiger partial charge in [0, 0.05) is 35.5 Å². The van der Waals surface area contributed by atoms with Gasteiger partial charge in [-0.25, -0.2) is 0 Å². The first-order valence-electron chi connectivity index (χ1n) is 5.41. The van der Waals surface area contributed by atoms with Gasteiger partial charge in [0.15, 0.2) is 0 Å². The third kappa shape index (κ3) is 5.31. The van der Waals surface area contributed by atoms with Gasteiger partial charge in [-0.15, -0.1) is 11.3 Å². The molecule has 0 aliphatic carbocycles. The van der Waals surface area contributed by atoms with E-state index >= 15 is 0 Å². The molecule has 1 aromatic heterocycles. The van der Waals surface area contributed by atoms with Gasteiger partial charge >= 0.3 is 0 Å². The van der Waals surface area contributed by atoms with Gasteiger partial charge in [0.2, 0.25) is 0 Å². The predicted octanol–water partition coefficient (Wildman–Crippen LogP) is -0.122. The molecule has 0 aliphatic heterocycles. The Bertz CT molecular complexity index is 375. The smallest absolute Gasteiger partial charge is 0.104 e. The first kappa shape index (κ1) is 14.2. The monoisotopic (exact) mass is 255 g/mol. The van der Waals surface area contributed by atoms with Crippen LogP contribution in [0.25, 0.3) is 0 Å². The number of aliphatic hydroxyl groups is 3. The number of hydrogen-bond donors (Lipinski definition) is 3. The molecule has 0 fully saturated rings. The third-order valence-electron chi connectivity index (χ3n) is 2.18. The molecule has 3 N–H and O–H groups in total. The summed E-state index contributed by atoms with van der Waals surface area (Å²) in [6.07, 6.45) is 0. The van der Waals surface area contributed by atoms with Gasteiger partial charge in [-0.2, -0.15) is 0 Å². The number of hydrogen-bond acceptors (Lipinski definition) is 5. The van der Waals surface area contributed by atoms with Gasteiger partial charge in [0.25, 0.3) is 0 Å². The number of aliphatic hydroxyl groups excluding tert-OH is 3. The van der Waals surface area contributed by atoms with Crippen LogP contribution in [0.1, 0.15) is 10.4 Å². The highest BCUT2D eigenvalue weighted by atomic mass is 32.1. The molecule has 0 amide bonds. The summed E-state index contributed by atoms with van der Waals surface area (Å²) in [7, 11) is 0. The van der Waals surface area contributed by atoms with Gasteiger partial charge in [-0.1, -0.05) is 11.8 Å². The van der Waals surface area contributed by atoms with Crippen molar-refractivity contribution in [1.29, 1.82) is 0 Å². The summed E-state index contributed by atoms with van der Waals surface area (Å²) < 4.78 is 0. The van der Waals surface area contributed by atoms with E-state index in [1.54, 1.807) is 11.3 Å². The molecule has 94 valence electrons. The maximum atomic E-state index is 8.89. The van der Waals surface area contributed by atoms with E-state index in [0.717, 1.165) is 10.4 Å². The first-order chi connectivity index (χ1) is 8.30. The van der Waals surface area contributed by atoms with Gasteiger partial charge in [-0.3, -0.25) is 4.90 Å². The quantitative estimate of drug-likeness (QED) is 0.620.